The van der Waals surface area contributed by atoms with Gasteiger partial charge in [-0.1, -0.05) is 24.3 Å². The van der Waals surface area contributed by atoms with Crippen LogP contribution in [0.2, 0.25) is 0 Å². The second-order valence-corrected chi connectivity index (χ2v) is 6.80. The van der Waals surface area contributed by atoms with E-state index in [0.29, 0.717) is 5.11 Å². The summed E-state index contributed by atoms with van der Waals surface area (Å²) in [5.41, 5.74) is 7.39. The van der Waals surface area contributed by atoms with Crippen molar-refractivity contribution in [2.45, 2.75) is 39.0 Å². The molecule has 1 aromatic carbocycles. The van der Waals surface area contributed by atoms with Gasteiger partial charge in [-0.15, -0.1) is 0 Å². The van der Waals surface area contributed by atoms with E-state index in [4.69, 9.17) is 17.0 Å². The first-order valence-electron chi connectivity index (χ1n) is 8.33. The average Bonchev–Trinajstić information content (AvgIpc) is 2.58. The lowest BCUT2D eigenvalue weighted by Crippen LogP contribution is -2.54. The summed E-state index contributed by atoms with van der Waals surface area (Å²) in [7, 11) is 0. The number of thiocarbonyl (C=S) groups is 1. The SMILES string of the molecule is CC1CN(C(=S)NNC(C)c2cc3ccccc3cn2)CC(C)O1. The van der Waals surface area contributed by atoms with E-state index in [9.17, 15) is 0 Å². The van der Waals surface area contributed by atoms with Crippen LogP contribution in [0, 0.1) is 0 Å². The molecule has 1 aliphatic heterocycles. The predicted molar refractivity (Wildman–Crippen MR) is 101 cm³/mol. The fraction of sp³-hybridized carbons (Fsp3) is 0.444. The summed E-state index contributed by atoms with van der Waals surface area (Å²) in [4.78, 5) is 6.68. The van der Waals surface area contributed by atoms with Gasteiger partial charge in [-0.25, -0.2) is 5.43 Å². The lowest BCUT2D eigenvalue weighted by atomic mass is 10.1. The Morgan fingerprint density at radius 1 is 1.25 bits per heavy atom. The standard InChI is InChI=1S/C18H24N4OS/c1-12-10-22(11-13(2)23-12)18(24)21-20-14(3)17-8-15-6-4-5-7-16(15)9-19-17/h4-9,12-14,20H,10-11H2,1-3H3,(H,21,24). The Morgan fingerprint density at radius 2 is 1.92 bits per heavy atom. The van der Waals surface area contributed by atoms with Crippen molar-refractivity contribution in [1.29, 1.82) is 0 Å². The van der Waals surface area contributed by atoms with E-state index in [-0.39, 0.29) is 18.2 Å². The summed E-state index contributed by atoms with van der Waals surface area (Å²) < 4.78 is 5.74. The van der Waals surface area contributed by atoms with E-state index in [1.807, 2.05) is 18.3 Å². The van der Waals surface area contributed by atoms with Crippen molar-refractivity contribution in [1.82, 2.24) is 20.7 Å². The number of fused-ring (bicyclic) bond motifs is 1. The largest absolute Gasteiger partial charge is 0.372 e. The lowest BCUT2D eigenvalue weighted by Gasteiger charge is -2.37. The maximum absolute atomic E-state index is 5.74. The number of benzene rings is 1. The zero-order valence-corrected chi connectivity index (χ0v) is 15.1. The first-order chi connectivity index (χ1) is 11.5. The van der Waals surface area contributed by atoms with Crippen LogP contribution in [0.1, 0.15) is 32.5 Å². The summed E-state index contributed by atoms with van der Waals surface area (Å²) in [5, 5.41) is 3.03. The molecule has 3 atom stereocenters. The molecule has 128 valence electrons. The van der Waals surface area contributed by atoms with Gasteiger partial charge in [0.05, 0.1) is 23.9 Å². The van der Waals surface area contributed by atoms with Gasteiger partial charge in [-0.05, 0) is 44.4 Å². The van der Waals surface area contributed by atoms with E-state index in [1.54, 1.807) is 0 Å². The van der Waals surface area contributed by atoms with Crippen molar-refractivity contribution in [2.24, 2.45) is 0 Å². The van der Waals surface area contributed by atoms with Crippen LogP contribution in [-0.2, 0) is 4.74 Å². The molecule has 1 saturated heterocycles. The molecule has 6 heteroatoms. The molecule has 2 N–H and O–H groups in total. The van der Waals surface area contributed by atoms with Gasteiger partial charge in [0.15, 0.2) is 5.11 Å². The fourth-order valence-electron chi connectivity index (χ4n) is 3.00. The van der Waals surface area contributed by atoms with Crippen LogP contribution in [0.4, 0.5) is 0 Å². The number of nitrogens with one attached hydrogen (secondary N) is 2. The van der Waals surface area contributed by atoms with Crippen LogP contribution in [-0.4, -0.2) is 40.3 Å². The van der Waals surface area contributed by atoms with Crippen LogP contribution in [0.25, 0.3) is 10.8 Å². The van der Waals surface area contributed by atoms with Gasteiger partial charge in [0.1, 0.15) is 0 Å². The molecule has 0 amide bonds. The van der Waals surface area contributed by atoms with Gasteiger partial charge >= 0.3 is 0 Å². The molecule has 24 heavy (non-hydrogen) atoms. The number of hydrogen-bond acceptors (Lipinski definition) is 4. The van der Waals surface area contributed by atoms with Crippen LogP contribution < -0.4 is 10.9 Å². The summed E-state index contributed by atoms with van der Waals surface area (Å²) in [6, 6.07) is 10.4. The van der Waals surface area contributed by atoms with Gasteiger partial charge in [0, 0.05) is 24.7 Å². The normalized spacial score (nSPS) is 22.4. The molecule has 0 bridgehead atoms. The van der Waals surface area contributed by atoms with Gasteiger partial charge in [0.2, 0.25) is 0 Å². The molecular formula is C18H24N4OS. The maximum Gasteiger partial charge on any atom is 0.183 e. The smallest absolute Gasteiger partial charge is 0.183 e. The van der Waals surface area contributed by atoms with Crippen molar-refractivity contribution < 1.29 is 4.74 Å². The number of morpholine rings is 1. The van der Waals surface area contributed by atoms with Crippen molar-refractivity contribution >= 4 is 28.1 Å². The number of aromatic nitrogens is 1. The van der Waals surface area contributed by atoms with E-state index in [0.717, 1.165) is 24.2 Å². The molecule has 5 nitrogen and oxygen atoms in total. The zero-order chi connectivity index (χ0) is 17.1. The first kappa shape index (κ1) is 17.1. The Labute approximate surface area is 148 Å². The summed E-state index contributed by atoms with van der Waals surface area (Å²) in [5.74, 6) is 0. The molecule has 1 aromatic heterocycles. The monoisotopic (exact) mass is 344 g/mol. The Balaban J connectivity index is 1.59. The third-order valence-corrected chi connectivity index (χ3v) is 4.56. The molecule has 0 spiro atoms. The molecule has 3 unspecified atom stereocenters. The van der Waals surface area contributed by atoms with Crippen molar-refractivity contribution in [2.75, 3.05) is 13.1 Å². The topological polar surface area (TPSA) is 49.4 Å². The van der Waals surface area contributed by atoms with Crippen molar-refractivity contribution in [3.05, 3.63) is 42.2 Å². The summed E-state index contributed by atoms with van der Waals surface area (Å²) in [6.45, 7) is 7.82. The minimum absolute atomic E-state index is 0.0449. The van der Waals surface area contributed by atoms with E-state index < -0.39 is 0 Å². The summed E-state index contributed by atoms with van der Waals surface area (Å²) >= 11 is 5.50. The van der Waals surface area contributed by atoms with Gasteiger partial charge < -0.3 is 9.64 Å². The second kappa shape index (κ2) is 7.42. The molecule has 3 rings (SSSR count). The average molecular weight is 344 g/mol. The van der Waals surface area contributed by atoms with Gasteiger partial charge in [-0.2, -0.15) is 0 Å². The lowest BCUT2D eigenvalue weighted by molar-refractivity contribution is -0.0484. The highest BCUT2D eigenvalue weighted by Crippen LogP contribution is 2.17. The zero-order valence-electron chi connectivity index (χ0n) is 14.3. The van der Waals surface area contributed by atoms with Crippen molar-refractivity contribution in [3.63, 3.8) is 0 Å². The van der Waals surface area contributed by atoms with Crippen LogP contribution in [0.15, 0.2) is 36.5 Å². The maximum atomic E-state index is 5.74. The van der Waals surface area contributed by atoms with Gasteiger partial charge in [-0.3, -0.25) is 10.4 Å². The number of hydrazine groups is 1. The van der Waals surface area contributed by atoms with Crippen LogP contribution in [0.5, 0.6) is 0 Å². The number of hydrogen-bond donors (Lipinski definition) is 2. The van der Waals surface area contributed by atoms with Crippen molar-refractivity contribution in [3.8, 4) is 0 Å². The molecule has 2 aromatic rings. The highest BCUT2D eigenvalue weighted by atomic mass is 32.1. The van der Waals surface area contributed by atoms with Crippen LogP contribution in [0.3, 0.4) is 0 Å². The quantitative estimate of drug-likeness (QED) is 0.660. The molecule has 0 aliphatic carbocycles. The fourth-order valence-corrected chi connectivity index (χ4v) is 3.21. The number of rotatable bonds is 3. The highest BCUT2D eigenvalue weighted by molar-refractivity contribution is 7.80. The van der Waals surface area contributed by atoms with E-state index in [1.165, 1.54) is 5.39 Å². The molecule has 1 fully saturated rings. The minimum Gasteiger partial charge on any atom is -0.372 e. The predicted octanol–water partition coefficient (Wildman–Crippen LogP) is 2.78. The van der Waals surface area contributed by atoms with E-state index in [2.05, 4.69) is 59.7 Å². The van der Waals surface area contributed by atoms with Gasteiger partial charge in [0.25, 0.3) is 0 Å². The van der Waals surface area contributed by atoms with E-state index >= 15 is 0 Å². The Morgan fingerprint density at radius 3 is 2.62 bits per heavy atom. The minimum atomic E-state index is 0.0449. The highest BCUT2D eigenvalue weighted by Gasteiger charge is 2.24. The molecule has 0 radical (unpaired) electrons. The molecule has 1 aliphatic rings. The first-order valence-corrected chi connectivity index (χ1v) is 8.74. The molecule has 2 heterocycles. The Kier molecular flexibility index (Phi) is 5.28. The van der Waals surface area contributed by atoms with Crippen LogP contribution >= 0.6 is 12.2 Å². The number of pyridine rings is 1. The third kappa shape index (κ3) is 4.01. The number of nitrogens with zero attached hydrogens (tertiary/aromatic N) is 2. The Bertz CT molecular complexity index is 713. The second-order valence-electron chi connectivity index (χ2n) is 6.41. The third-order valence-electron chi connectivity index (χ3n) is 4.20. The molecular weight excluding hydrogens is 320 g/mol. The Hall–Kier alpha value is -1.76. The summed E-state index contributed by atoms with van der Waals surface area (Å²) in [6.07, 6.45) is 2.29. The molecule has 0 saturated carbocycles. The number of ether oxygens (including phenoxy) is 1.